The molecule has 3 amide bonds. The number of amides is 3. The number of urea groups is 1. The van der Waals surface area contributed by atoms with Crippen LogP contribution in [0, 0.1) is 0 Å². The Morgan fingerprint density at radius 2 is 2.00 bits per heavy atom. The summed E-state index contributed by atoms with van der Waals surface area (Å²) in [5, 5.41) is 5.85. The number of rotatable bonds is 3. The van der Waals surface area contributed by atoms with Gasteiger partial charge in [-0.1, -0.05) is 18.2 Å². The maximum atomic E-state index is 12.7. The molecule has 4 rings (SSSR count). The van der Waals surface area contributed by atoms with Crippen molar-refractivity contribution in [3.63, 3.8) is 0 Å². The van der Waals surface area contributed by atoms with Crippen molar-refractivity contribution in [2.24, 2.45) is 0 Å². The van der Waals surface area contributed by atoms with Crippen molar-refractivity contribution in [1.82, 2.24) is 20.2 Å². The van der Waals surface area contributed by atoms with E-state index in [4.69, 9.17) is 4.74 Å². The molecular weight excluding hydrogens is 360 g/mol. The fourth-order valence-electron chi connectivity index (χ4n) is 3.49. The average molecular weight is 382 g/mol. The maximum Gasteiger partial charge on any atom is 0.318 e. The molecule has 0 radical (unpaired) electrons. The molecule has 9 heteroatoms. The average Bonchev–Trinajstić information content (AvgIpc) is 2.73. The molecule has 9 nitrogen and oxygen atoms in total. The molecule has 0 spiro atoms. The third-order valence-corrected chi connectivity index (χ3v) is 4.97. The van der Waals surface area contributed by atoms with Crippen molar-refractivity contribution in [2.45, 2.75) is 12.5 Å². The Morgan fingerprint density at radius 3 is 2.79 bits per heavy atom. The fourth-order valence-corrected chi connectivity index (χ4v) is 3.49. The number of anilines is 2. The smallest absolute Gasteiger partial charge is 0.318 e. The van der Waals surface area contributed by atoms with Crippen LogP contribution in [-0.2, 0) is 4.79 Å². The van der Waals surface area contributed by atoms with Gasteiger partial charge in [0.2, 0.25) is 17.7 Å². The first-order valence-electron chi connectivity index (χ1n) is 9.20. The van der Waals surface area contributed by atoms with E-state index in [9.17, 15) is 9.59 Å². The maximum absolute atomic E-state index is 12.7. The molecule has 2 aliphatic rings. The zero-order valence-electron chi connectivity index (χ0n) is 15.6. The van der Waals surface area contributed by atoms with Crippen LogP contribution in [0.25, 0.3) is 0 Å². The number of aromatic nitrogens is 2. The molecule has 1 aromatic heterocycles. The molecule has 0 saturated carbocycles. The minimum Gasteiger partial charge on any atom is -0.481 e. The van der Waals surface area contributed by atoms with Gasteiger partial charge in [0.25, 0.3) is 0 Å². The highest BCUT2D eigenvalue weighted by molar-refractivity contribution is 5.95. The van der Waals surface area contributed by atoms with E-state index in [1.807, 2.05) is 29.2 Å². The van der Waals surface area contributed by atoms with Crippen molar-refractivity contribution >= 4 is 23.6 Å². The highest BCUT2D eigenvalue weighted by atomic mass is 16.5. The molecule has 1 aromatic carbocycles. The van der Waals surface area contributed by atoms with Crippen LogP contribution in [0.4, 0.5) is 16.4 Å². The predicted octanol–water partition coefficient (Wildman–Crippen LogP) is 1.40. The van der Waals surface area contributed by atoms with Crippen LogP contribution in [0.5, 0.6) is 5.88 Å². The zero-order chi connectivity index (χ0) is 19.5. The molecule has 0 aliphatic carbocycles. The van der Waals surface area contributed by atoms with Crippen LogP contribution < -0.4 is 20.3 Å². The lowest BCUT2D eigenvalue weighted by Gasteiger charge is -2.36. The predicted molar refractivity (Wildman–Crippen MR) is 103 cm³/mol. The molecule has 146 valence electrons. The SMILES string of the molecule is COc1ccnc(N2CCN(C(=O)N[C@@H]3CC(=O)Nc4ccccc43)CC2)n1. The Hall–Kier alpha value is -3.36. The largest absolute Gasteiger partial charge is 0.481 e. The summed E-state index contributed by atoms with van der Waals surface area (Å²) in [5.41, 5.74) is 1.68. The van der Waals surface area contributed by atoms with Crippen LogP contribution in [0.1, 0.15) is 18.0 Å². The fraction of sp³-hybridized carbons (Fsp3) is 0.368. The molecule has 2 aromatic rings. The Kier molecular flexibility index (Phi) is 4.96. The lowest BCUT2D eigenvalue weighted by molar-refractivity contribution is -0.116. The summed E-state index contributed by atoms with van der Waals surface area (Å²) < 4.78 is 5.14. The quantitative estimate of drug-likeness (QED) is 0.832. The van der Waals surface area contributed by atoms with Crippen LogP contribution in [0.15, 0.2) is 36.5 Å². The van der Waals surface area contributed by atoms with E-state index in [-0.39, 0.29) is 24.4 Å². The second-order valence-electron chi connectivity index (χ2n) is 6.71. The third kappa shape index (κ3) is 3.68. The van der Waals surface area contributed by atoms with Crippen molar-refractivity contribution in [3.05, 3.63) is 42.1 Å². The Balaban J connectivity index is 1.38. The number of methoxy groups -OCH3 is 1. The molecule has 1 atom stereocenters. The Labute approximate surface area is 162 Å². The zero-order valence-corrected chi connectivity index (χ0v) is 15.6. The number of hydrogen-bond donors (Lipinski definition) is 2. The number of carbonyl (C=O) groups is 2. The standard InChI is InChI=1S/C19H22N6O3/c1-28-17-6-7-20-18(23-17)24-8-10-25(11-9-24)19(27)22-15-12-16(26)21-14-5-3-2-4-13(14)15/h2-7,15H,8-12H2,1H3,(H,21,26)(H,22,27)/t15-/m1/s1. The Bertz CT molecular complexity index is 881. The lowest BCUT2D eigenvalue weighted by Crippen LogP contribution is -2.53. The first-order chi connectivity index (χ1) is 13.6. The molecule has 1 fully saturated rings. The molecule has 2 aliphatic heterocycles. The summed E-state index contributed by atoms with van der Waals surface area (Å²) in [4.78, 5) is 37.1. The second kappa shape index (κ2) is 7.71. The number of para-hydroxylation sites is 1. The number of carbonyl (C=O) groups excluding carboxylic acids is 2. The number of fused-ring (bicyclic) bond motifs is 1. The van der Waals surface area contributed by atoms with Crippen molar-refractivity contribution < 1.29 is 14.3 Å². The van der Waals surface area contributed by atoms with E-state index in [0.717, 1.165) is 11.3 Å². The van der Waals surface area contributed by atoms with Crippen LogP contribution >= 0.6 is 0 Å². The number of piperazine rings is 1. The van der Waals surface area contributed by atoms with Crippen LogP contribution in [-0.4, -0.2) is 60.1 Å². The van der Waals surface area contributed by atoms with Gasteiger partial charge in [-0.2, -0.15) is 4.98 Å². The highest BCUT2D eigenvalue weighted by Gasteiger charge is 2.29. The van der Waals surface area contributed by atoms with Gasteiger partial charge >= 0.3 is 6.03 Å². The highest BCUT2D eigenvalue weighted by Crippen LogP contribution is 2.30. The topological polar surface area (TPSA) is 99.7 Å². The van der Waals surface area contributed by atoms with Crippen LogP contribution in [0.2, 0.25) is 0 Å². The normalized spacial score (nSPS) is 18.9. The minimum atomic E-state index is -0.322. The van der Waals surface area contributed by atoms with E-state index in [0.29, 0.717) is 38.0 Å². The van der Waals surface area contributed by atoms with Gasteiger partial charge in [-0.25, -0.2) is 9.78 Å². The molecule has 3 heterocycles. The van der Waals surface area contributed by atoms with E-state index in [2.05, 4.69) is 20.6 Å². The summed E-state index contributed by atoms with van der Waals surface area (Å²) in [6.07, 6.45) is 1.90. The lowest BCUT2D eigenvalue weighted by atomic mass is 9.97. The summed E-state index contributed by atoms with van der Waals surface area (Å²) in [6, 6.07) is 8.76. The van der Waals surface area contributed by atoms with E-state index in [1.165, 1.54) is 0 Å². The van der Waals surface area contributed by atoms with E-state index >= 15 is 0 Å². The monoisotopic (exact) mass is 382 g/mol. The molecule has 2 N–H and O–H groups in total. The van der Waals surface area contributed by atoms with Gasteiger partial charge in [0, 0.05) is 44.1 Å². The van der Waals surface area contributed by atoms with Crippen molar-refractivity contribution in [3.8, 4) is 5.88 Å². The number of hydrogen-bond acceptors (Lipinski definition) is 6. The van der Waals surface area contributed by atoms with Crippen LogP contribution in [0.3, 0.4) is 0 Å². The minimum absolute atomic E-state index is 0.0935. The number of ether oxygens (including phenoxy) is 1. The first-order valence-corrected chi connectivity index (χ1v) is 9.20. The van der Waals surface area contributed by atoms with Gasteiger partial charge in [0.1, 0.15) is 0 Å². The summed E-state index contributed by atoms with van der Waals surface area (Å²) in [7, 11) is 1.57. The van der Waals surface area contributed by atoms with E-state index in [1.54, 1.807) is 24.3 Å². The van der Waals surface area contributed by atoms with Gasteiger partial charge in [-0.15, -0.1) is 0 Å². The molecule has 0 unspecified atom stereocenters. The summed E-state index contributed by atoms with van der Waals surface area (Å²) in [6.45, 7) is 2.35. The first kappa shape index (κ1) is 18.0. The van der Waals surface area contributed by atoms with Crippen molar-refractivity contribution in [1.29, 1.82) is 0 Å². The van der Waals surface area contributed by atoms with Gasteiger partial charge in [-0.3, -0.25) is 4.79 Å². The number of benzene rings is 1. The second-order valence-corrected chi connectivity index (χ2v) is 6.71. The van der Waals surface area contributed by atoms with Gasteiger partial charge in [0.05, 0.1) is 19.6 Å². The molecule has 0 bridgehead atoms. The van der Waals surface area contributed by atoms with Gasteiger partial charge in [0.15, 0.2) is 0 Å². The molecule has 1 saturated heterocycles. The Morgan fingerprint density at radius 1 is 1.21 bits per heavy atom. The van der Waals surface area contributed by atoms with Gasteiger partial charge < -0.3 is 25.2 Å². The summed E-state index contributed by atoms with van der Waals surface area (Å²) >= 11 is 0. The van der Waals surface area contributed by atoms with E-state index < -0.39 is 0 Å². The third-order valence-electron chi connectivity index (χ3n) is 4.97. The number of nitrogens with one attached hydrogen (secondary N) is 2. The molecular formula is C19H22N6O3. The molecule has 28 heavy (non-hydrogen) atoms. The van der Waals surface area contributed by atoms with Gasteiger partial charge in [-0.05, 0) is 11.6 Å². The number of nitrogens with zero attached hydrogens (tertiary/aromatic N) is 4. The van der Waals surface area contributed by atoms with Crippen molar-refractivity contribution in [2.75, 3.05) is 43.5 Å². The summed E-state index contributed by atoms with van der Waals surface area (Å²) in [5.74, 6) is 1.01.